The molecule has 0 unspecified atom stereocenters. The van der Waals surface area contributed by atoms with E-state index in [2.05, 4.69) is 47.4 Å². The molecule has 0 spiro atoms. The smallest absolute Gasteiger partial charge is 0.164 e. The van der Waals surface area contributed by atoms with Gasteiger partial charge in [-0.05, 0) is 26.0 Å². The van der Waals surface area contributed by atoms with Crippen molar-refractivity contribution >= 4 is 0 Å². The molecule has 0 amide bonds. The van der Waals surface area contributed by atoms with E-state index in [4.69, 9.17) is 4.74 Å². The summed E-state index contributed by atoms with van der Waals surface area (Å²) in [5.41, 5.74) is 2.30. The van der Waals surface area contributed by atoms with Crippen molar-refractivity contribution in [2.75, 3.05) is 7.05 Å². The number of hydrogen-bond donors (Lipinski definition) is 1. The minimum Gasteiger partial charge on any atom is -0.485 e. The topological polar surface area (TPSA) is 52.0 Å². The number of hydrogen-bond acceptors (Lipinski definition) is 4. The fourth-order valence-electron chi connectivity index (χ4n) is 2.18. The molecule has 0 bridgehead atoms. The van der Waals surface area contributed by atoms with Crippen LogP contribution in [0.1, 0.15) is 30.3 Å². The van der Waals surface area contributed by atoms with Gasteiger partial charge in [-0.2, -0.15) is 5.10 Å². The van der Waals surface area contributed by atoms with Gasteiger partial charge in [-0.3, -0.25) is 0 Å². The Kier molecular flexibility index (Phi) is 5.12. The van der Waals surface area contributed by atoms with Crippen molar-refractivity contribution in [2.45, 2.75) is 40.0 Å². The van der Waals surface area contributed by atoms with Crippen molar-refractivity contribution in [2.24, 2.45) is 0 Å². The third-order valence-corrected chi connectivity index (χ3v) is 3.14. The van der Waals surface area contributed by atoms with Crippen LogP contribution >= 0.6 is 0 Å². The Morgan fingerprint density at radius 2 is 2.20 bits per heavy atom. The fraction of sp³-hybridized carbons (Fsp3) is 0.467. The van der Waals surface area contributed by atoms with E-state index >= 15 is 0 Å². The molecule has 1 aromatic carbocycles. The number of ether oxygens (including phenoxy) is 1. The third-order valence-electron chi connectivity index (χ3n) is 3.14. The number of nitrogens with one attached hydrogen (secondary N) is 1. The van der Waals surface area contributed by atoms with Crippen LogP contribution in [0.2, 0.25) is 0 Å². The van der Waals surface area contributed by atoms with Crippen molar-refractivity contribution in [3.8, 4) is 5.75 Å². The first-order valence-corrected chi connectivity index (χ1v) is 6.98. The average molecular weight is 274 g/mol. The normalized spacial score (nSPS) is 10.8. The lowest BCUT2D eigenvalue weighted by Crippen LogP contribution is -2.11. The molecule has 0 atom stereocenters. The highest BCUT2D eigenvalue weighted by Gasteiger charge is 2.09. The summed E-state index contributed by atoms with van der Waals surface area (Å²) in [7, 11) is 1.93. The molecule has 1 N–H and O–H groups in total. The van der Waals surface area contributed by atoms with Gasteiger partial charge in [0.1, 0.15) is 18.7 Å². The Labute approximate surface area is 120 Å². The summed E-state index contributed by atoms with van der Waals surface area (Å²) in [5, 5.41) is 7.38. The van der Waals surface area contributed by atoms with E-state index in [0.717, 1.165) is 42.2 Å². The molecule has 0 saturated carbocycles. The second kappa shape index (κ2) is 7.05. The first-order chi connectivity index (χ1) is 9.76. The zero-order chi connectivity index (χ0) is 14.4. The molecule has 0 radical (unpaired) electrons. The molecule has 2 rings (SSSR count). The zero-order valence-corrected chi connectivity index (χ0v) is 12.4. The summed E-state index contributed by atoms with van der Waals surface area (Å²) in [4.78, 5) is 4.27. The predicted molar refractivity (Wildman–Crippen MR) is 78.6 cm³/mol. The quantitative estimate of drug-likeness (QED) is 0.841. The van der Waals surface area contributed by atoms with Gasteiger partial charge in [0.15, 0.2) is 5.82 Å². The molecule has 108 valence electrons. The Bertz CT molecular complexity index is 551. The summed E-state index contributed by atoms with van der Waals surface area (Å²) in [6.45, 7) is 6.29. The highest BCUT2D eigenvalue weighted by molar-refractivity contribution is 5.40. The molecule has 0 aliphatic heterocycles. The van der Waals surface area contributed by atoms with E-state index in [1.54, 1.807) is 6.33 Å². The lowest BCUT2D eigenvalue weighted by Gasteiger charge is -2.14. The number of rotatable bonds is 7. The van der Waals surface area contributed by atoms with Gasteiger partial charge in [0.2, 0.25) is 0 Å². The molecule has 2 aromatic rings. The van der Waals surface area contributed by atoms with Crippen LogP contribution in [0.15, 0.2) is 24.5 Å². The fourth-order valence-corrected chi connectivity index (χ4v) is 2.18. The average Bonchev–Trinajstić information content (AvgIpc) is 2.86. The maximum absolute atomic E-state index is 5.99. The maximum atomic E-state index is 5.99. The van der Waals surface area contributed by atoms with Crippen LogP contribution in [0.3, 0.4) is 0 Å². The number of aromatic nitrogens is 3. The van der Waals surface area contributed by atoms with Gasteiger partial charge in [0.25, 0.3) is 0 Å². The van der Waals surface area contributed by atoms with Gasteiger partial charge >= 0.3 is 0 Å². The molecule has 20 heavy (non-hydrogen) atoms. The first-order valence-electron chi connectivity index (χ1n) is 6.98. The van der Waals surface area contributed by atoms with E-state index < -0.39 is 0 Å². The van der Waals surface area contributed by atoms with Crippen LogP contribution in [0, 0.1) is 6.92 Å². The van der Waals surface area contributed by atoms with Gasteiger partial charge in [0.05, 0.1) is 0 Å². The molecule has 1 heterocycles. The minimum atomic E-state index is 0.446. The molecule has 0 saturated heterocycles. The standard InChI is InChI=1S/C15H22N4O/c1-4-8-19-14(17-11-18-19)10-20-15-12(2)6-5-7-13(15)9-16-3/h5-7,11,16H,4,8-10H2,1-3H3. The highest BCUT2D eigenvalue weighted by Crippen LogP contribution is 2.24. The number of aryl methyl sites for hydroxylation is 2. The summed E-state index contributed by atoms with van der Waals surface area (Å²) in [6, 6.07) is 6.19. The molecule has 0 fully saturated rings. The summed E-state index contributed by atoms with van der Waals surface area (Å²) in [5.74, 6) is 1.80. The number of nitrogens with zero attached hydrogens (tertiary/aromatic N) is 3. The monoisotopic (exact) mass is 274 g/mol. The summed E-state index contributed by atoms with van der Waals surface area (Å²) >= 11 is 0. The molecular formula is C15H22N4O. The van der Waals surface area contributed by atoms with Crippen LogP contribution < -0.4 is 10.1 Å². The molecule has 5 heteroatoms. The van der Waals surface area contributed by atoms with E-state index in [-0.39, 0.29) is 0 Å². The lowest BCUT2D eigenvalue weighted by molar-refractivity contribution is 0.281. The van der Waals surface area contributed by atoms with Gasteiger partial charge in [-0.15, -0.1) is 0 Å². The molecule has 0 aliphatic carbocycles. The summed E-state index contributed by atoms with van der Waals surface area (Å²) < 4.78 is 7.89. The van der Waals surface area contributed by atoms with Crippen LogP contribution in [-0.2, 0) is 19.7 Å². The maximum Gasteiger partial charge on any atom is 0.164 e. The van der Waals surface area contributed by atoms with Crippen LogP contribution in [0.5, 0.6) is 5.75 Å². The Morgan fingerprint density at radius 1 is 1.35 bits per heavy atom. The third kappa shape index (κ3) is 3.36. The van der Waals surface area contributed by atoms with Crippen molar-refractivity contribution in [3.63, 3.8) is 0 Å². The van der Waals surface area contributed by atoms with E-state index in [0.29, 0.717) is 6.61 Å². The van der Waals surface area contributed by atoms with E-state index in [9.17, 15) is 0 Å². The van der Waals surface area contributed by atoms with Crippen LogP contribution in [-0.4, -0.2) is 21.8 Å². The Morgan fingerprint density at radius 3 is 2.95 bits per heavy atom. The van der Waals surface area contributed by atoms with Gasteiger partial charge in [-0.25, -0.2) is 9.67 Å². The number of benzene rings is 1. The Hall–Kier alpha value is -1.88. The molecular weight excluding hydrogens is 252 g/mol. The first kappa shape index (κ1) is 14.5. The van der Waals surface area contributed by atoms with Gasteiger partial charge < -0.3 is 10.1 Å². The zero-order valence-electron chi connectivity index (χ0n) is 12.4. The van der Waals surface area contributed by atoms with E-state index in [1.807, 2.05) is 11.7 Å². The summed E-state index contributed by atoms with van der Waals surface area (Å²) in [6.07, 6.45) is 2.62. The molecule has 0 aliphatic rings. The lowest BCUT2D eigenvalue weighted by atomic mass is 10.1. The molecule has 5 nitrogen and oxygen atoms in total. The van der Waals surface area contributed by atoms with Crippen molar-refractivity contribution in [3.05, 3.63) is 41.5 Å². The SMILES string of the molecule is CCCn1ncnc1COc1c(C)cccc1CNC. The molecule has 1 aromatic heterocycles. The Balaban J connectivity index is 2.12. The van der Waals surface area contributed by atoms with Gasteiger partial charge in [0, 0.05) is 18.7 Å². The predicted octanol–water partition coefficient (Wildman–Crippen LogP) is 2.29. The van der Waals surface area contributed by atoms with Gasteiger partial charge in [-0.1, -0.05) is 25.1 Å². The second-order valence-electron chi connectivity index (χ2n) is 4.78. The number of para-hydroxylation sites is 1. The minimum absolute atomic E-state index is 0.446. The largest absolute Gasteiger partial charge is 0.485 e. The van der Waals surface area contributed by atoms with Crippen LogP contribution in [0.25, 0.3) is 0 Å². The van der Waals surface area contributed by atoms with Crippen LogP contribution in [0.4, 0.5) is 0 Å². The highest BCUT2D eigenvalue weighted by atomic mass is 16.5. The van der Waals surface area contributed by atoms with E-state index in [1.165, 1.54) is 0 Å². The van der Waals surface area contributed by atoms with Crippen molar-refractivity contribution < 1.29 is 4.74 Å². The second-order valence-corrected chi connectivity index (χ2v) is 4.78. The van der Waals surface area contributed by atoms with Crippen molar-refractivity contribution in [1.82, 2.24) is 20.1 Å². The van der Waals surface area contributed by atoms with Crippen molar-refractivity contribution in [1.29, 1.82) is 0 Å².